The van der Waals surface area contributed by atoms with Crippen LogP contribution in [0.15, 0.2) is 64.6 Å². The van der Waals surface area contributed by atoms with E-state index >= 15 is 0 Å². The Morgan fingerprint density at radius 2 is 1.90 bits per heavy atom. The summed E-state index contributed by atoms with van der Waals surface area (Å²) in [4.78, 5) is 28.3. The molecule has 1 atom stereocenters. The Kier molecular flexibility index (Phi) is 5.78. The lowest BCUT2D eigenvalue weighted by atomic mass is 10.3. The zero-order valence-corrected chi connectivity index (χ0v) is 18.9. The smallest absolute Gasteiger partial charge is 0.280 e. The van der Waals surface area contributed by atoms with Gasteiger partial charge in [-0.15, -0.1) is 0 Å². The SMILES string of the molecule is CC1CN(C(=O)c2cnc3ccccc3n2)C(=Nc2cccc(S(=O)(=O)N(C)C)c2)S1. The Bertz CT molecular complexity index is 1290. The number of sulfonamides is 1. The van der Waals surface area contributed by atoms with E-state index in [1.54, 1.807) is 17.0 Å². The predicted molar refractivity (Wildman–Crippen MR) is 122 cm³/mol. The minimum absolute atomic E-state index is 0.143. The van der Waals surface area contributed by atoms with Crippen LogP contribution in [-0.4, -0.2) is 64.6 Å². The first-order valence-electron chi connectivity index (χ1n) is 9.57. The monoisotopic (exact) mass is 455 g/mol. The lowest BCUT2D eigenvalue weighted by Gasteiger charge is -2.16. The number of amides is 1. The van der Waals surface area contributed by atoms with Gasteiger partial charge in [0, 0.05) is 25.9 Å². The van der Waals surface area contributed by atoms with Crippen molar-refractivity contribution in [1.29, 1.82) is 0 Å². The van der Waals surface area contributed by atoms with Crippen molar-refractivity contribution in [1.82, 2.24) is 19.2 Å². The number of thioether (sulfide) groups is 1. The summed E-state index contributed by atoms with van der Waals surface area (Å²) in [5.74, 6) is -0.286. The van der Waals surface area contributed by atoms with Crippen molar-refractivity contribution in [3.8, 4) is 0 Å². The molecule has 160 valence electrons. The van der Waals surface area contributed by atoms with Crippen LogP contribution in [0.3, 0.4) is 0 Å². The molecular weight excluding hydrogens is 434 g/mol. The van der Waals surface area contributed by atoms with E-state index in [2.05, 4.69) is 15.0 Å². The average molecular weight is 456 g/mol. The van der Waals surface area contributed by atoms with Crippen LogP contribution in [0.5, 0.6) is 0 Å². The highest BCUT2D eigenvalue weighted by Crippen LogP contribution is 2.30. The van der Waals surface area contributed by atoms with Gasteiger partial charge >= 0.3 is 0 Å². The highest BCUT2D eigenvalue weighted by atomic mass is 32.2. The number of para-hydroxylation sites is 2. The number of hydrogen-bond acceptors (Lipinski definition) is 7. The molecular formula is C21H21N5O3S2. The molecule has 10 heteroatoms. The molecule has 2 aromatic carbocycles. The number of amidine groups is 1. The Morgan fingerprint density at radius 3 is 2.65 bits per heavy atom. The van der Waals surface area contributed by atoms with Gasteiger partial charge < -0.3 is 0 Å². The molecule has 1 amide bonds. The summed E-state index contributed by atoms with van der Waals surface area (Å²) in [6.07, 6.45) is 1.47. The lowest BCUT2D eigenvalue weighted by Crippen LogP contribution is -2.33. The number of aliphatic imine (C=N–C) groups is 1. The molecule has 1 saturated heterocycles. The highest BCUT2D eigenvalue weighted by molar-refractivity contribution is 8.14. The Hall–Kier alpha value is -2.82. The fourth-order valence-corrected chi connectivity index (χ4v) is 5.07. The first-order valence-corrected chi connectivity index (χ1v) is 11.9. The zero-order chi connectivity index (χ0) is 22.2. The molecule has 4 rings (SSSR count). The highest BCUT2D eigenvalue weighted by Gasteiger charge is 2.32. The molecule has 1 aliphatic heterocycles. The molecule has 0 saturated carbocycles. The number of carbonyl (C=O) groups is 1. The standard InChI is InChI=1S/C21H21N5O3S2/c1-14-13-26(20(27)19-12-22-17-9-4-5-10-18(17)24-19)21(30-14)23-15-7-6-8-16(11-15)31(28,29)25(2)3/h4-12,14H,13H2,1-3H3. The van der Waals surface area contributed by atoms with E-state index in [0.717, 1.165) is 9.82 Å². The van der Waals surface area contributed by atoms with Gasteiger partial charge in [-0.1, -0.05) is 36.9 Å². The van der Waals surface area contributed by atoms with Crippen LogP contribution in [0.1, 0.15) is 17.4 Å². The molecule has 2 heterocycles. The van der Waals surface area contributed by atoms with Crippen LogP contribution >= 0.6 is 11.8 Å². The molecule has 0 radical (unpaired) electrons. The second kappa shape index (κ2) is 8.37. The third-order valence-corrected chi connectivity index (χ3v) is 7.60. The molecule has 0 bridgehead atoms. The number of fused-ring (bicyclic) bond motifs is 1. The maximum atomic E-state index is 13.2. The number of rotatable bonds is 4. The second-order valence-electron chi connectivity index (χ2n) is 7.27. The van der Waals surface area contributed by atoms with Gasteiger partial charge in [-0.25, -0.2) is 22.7 Å². The van der Waals surface area contributed by atoms with E-state index < -0.39 is 10.0 Å². The number of benzene rings is 2. The van der Waals surface area contributed by atoms with Crippen molar-refractivity contribution >= 4 is 49.6 Å². The van der Waals surface area contributed by atoms with E-state index in [1.807, 2.05) is 31.2 Å². The van der Waals surface area contributed by atoms with Gasteiger partial charge in [0.1, 0.15) is 5.69 Å². The van der Waals surface area contributed by atoms with Gasteiger partial charge in [0.2, 0.25) is 10.0 Å². The van der Waals surface area contributed by atoms with Crippen molar-refractivity contribution in [2.24, 2.45) is 4.99 Å². The van der Waals surface area contributed by atoms with E-state index in [1.165, 1.54) is 44.2 Å². The maximum Gasteiger partial charge on any atom is 0.280 e. The number of aromatic nitrogens is 2. The van der Waals surface area contributed by atoms with E-state index in [-0.39, 0.29) is 21.7 Å². The van der Waals surface area contributed by atoms with Crippen molar-refractivity contribution in [3.63, 3.8) is 0 Å². The summed E-state index contributed by atoms with van der Waals surface area (Å²) in [6.45, 7) is 2.49. The van der Waals surface area contributed by atoms with Crippen LogP contribution in [0.2, 0.25) is 0 Å². The third-order valence-electron chi connectivity index (χ3n) is 4.71. The lowest BCUT2D eigenvalue weighted by molar-refractivity contribution is 0.0850. The topological polar surface area (TPSA) is 95.8 Å². The fourth-order valence-electron chi connectivity index (χ4n) is 3.11. The molecule has 1 aliphatic rings. The largest absolute Gasteiger partial charge is 0.285 e. The average Bonchev–Trinajstić information content (AvgIpc) is 3.12. The molecule has 0 N–H and O–H groups in total. The molecule has 1 fully saturated rings. The molecule has 1 unspecified atom stereocenters. The van der Waals surface area contributed by atoms with Gasteiger partial charge in [0.15, 0.2) is 5.17 Å². The van der Waals surface area contributed by atoms with Crippen LogP contribution in [0.25, 0.3) is 11.0 Å². The van der Waals surface area contributed by atoms with Gasteiger partial charge in [-0.2, -0.15) is 0 Å². The normalized spacial score (nSPS) is 18.3. The summed E-state index contributed by atoms with van der Waals surface area (Å²) in [6, 6.07) is 13.7. The number of hydrogen-bond donors (Lipinski definition) is 0. The summed E-state index contributed by atoms with van der Waals surface area (Å²) in [7, 11) is -0.620. The quantitative estimate of drug-likeness (QED) is 0.600. The summed E-state index contributed by atoms with van der Waals surface area (Å²) >= 11 is 1.46. The van der Waals surface area contributed by atoms with Gasteiger partial charge in [-0.3, -0.25) is 14.7 Å². The Labute approximate surface area is 185 Å². The van der Waals surface area contributed by atoms with Crippen LogP contribution in [0, 0.1) is 0 Å². The zero-order valence-electron chi connectivity index (χ0n) is 17.3. The first-order chi connectivity index (χ1) is 14.8. The molecule has 0 spiro atoms. The number of carbonyl (C=O) groups excluding carboxylic acids is 1. The van der Waals surface area contributed by atoms with Crippen LogP contribution < -0.4 is 0 Å². The second-order valence-corrected chi connectivity index (χ2v) is 10.8. The maximum absolute atomic E-state index is 13.2. The minimum Gasteiger partial charge on any atom is -0.285 e. The van der Waals surface area contributed by atoms with E-state index in [0.29, 0.717) is 22.9 Å². The number of nitrogens with zero attached hydrogens (tertiary/aromatic N) is 5. The molecule has 8 nitrogen and oxygen atoms in total. The first kappa shape index (κ1) is 21.4. The summed E-state index contributed by atoms with van der Waals surface area (Å²) in [5, 5.41) is 0.650. The van der Waals surface area contributed by atoms with Crippen molar-refractivity contribution in [2.75, 3.05) is 20.6 Å². The van der Waals surface area contributed by atoms with Crippen molar-refractivity contribution in [3.05, 3.63) is 60.4 Å². The van der Waals surface area contributed by atoms with Crippen LogP contribution in [0.4, 0.5) is 5.69 Å². The molecule has 31 heavy (non-hydrogen) atoms. The van der Waals surface area contributed by atoms with Gasteiger partial charge in [-0.05, 0) is 30.3 Å². The Balaban J connectivity index is 1.68. The fraction of sp³-hybridized carbons (Fsp3) is 0.238. The third kappa shape index (κ3) is 4.32. The summed E-state index contributed by atoms with van der Waals surface area (Å²) in [5.41, 5.74) is 2.07. The van der Waals surface area contributed by atoms with Crippen molar-refractivity contribution < 1.29 is 13.2 Å². The predicted octanol–water partition coefficient (Wildman–Crippen LogP) is 3.15. The Morgan fingerprint density at radius 1 is 1.16 bits per heavy atom. The van der Waals surface area contributed by atoms with E-state index in [9.17, 15) is 13.2 Å². The molecule has 3 aromatic rings. The van der Waals surface area contributed by atoms with E-state index in [4.69, 9.17) is 0 Å². The molecule has 1 aromatic heterocycles. The van der Waals surface area contributed by atoms with Crippen LogP contribution in [-0.2, 0) is 10.0 Å². The molecule has 0 aliphatic carbocycles. The van der Waals surface area contributed by atoms with Gasteiger partial charge in [0.25, 0.3) is 5.91 Å². The summed E-state index contributed by atoms with van der Waals surface area (Å²) < 4.78 is 26.0. The van der Waals surface area contributed by atoms with Crippen molar-refractivity contribution in [2.45, 2.75) is 17.1 Å². The minimum atomic E-state index is -3.58. The van der Waals surface area contributed by atoms with Gasteiger partial charge in [0.05, 0.1) is 27.8 Å².